The molecule has 1 heterocycles. The first-order valence-electron chi connectivity index (χ1n) is 8.40. The highest BCUT2D eigenvalue weighted by molar-refractivity contribution is 5.98. The lowest BCUT2D eigenvalue weighted by Gasteiger charge is -2.36. The van der Waals surface area contributed by atoms with Crippen LogP contribution in [0.25, 0.3) is 0 Å². The quantitative estimate of drug-likeness (QED) is 0.451. The van der Waals surface area contributed by atoms with Crippen LogP contribution < -0.4 is 0 Å². The predicted octanol–water partition coefficient (Wildman–Crippen LogP) is 0.524. The SMILES string of the molecule is CCOC(=O)C(OCCN1CCN(C(C)C)CC1)C(=O)OCC. The van der Waals surface area contributed by atoms with Gasteiger partial charge < -0.3 is 14.2 Å². The van der Waals surface area contributed by atoms with Gasteiger partial charge in [0.25, 0.3) is 6.10 Å². The molecule has 0 radical (unpaired) electrons. The highest BCUT2D eigenvalue weighted by Gasteiger charge is 2.30. The largest absolute Gasteiger partial charge is 0.464 e. The lowest BCUT2D eigenvalue weighted by atomic mass is 10.2. The van der Waals surface area contributed by atoms with Crippen molar-refractivity contribution in [2.75, 3.05) is 52.5 Å². The zero-order chi connectivity index (χ0) is 17.2. The number of piperazine rings is 1. The van der Waals surface area contributed by atoms with Crippen LogP contribution in [0.1, 0.15) is 27.7 Å². The fourth-order valence-corrected chi connectivity index (χ4v) is 2.47. The lowest BCUT2D eigenvalue weighted by molar-refractivity contribution is -0.173. The van der Waals surface area contributed by atoms with Crippen LogP contribution in [0.15, 0.2) is 0 Å². The number of hydrogen-bond acceptors (Lipinski definition) is 7. The van der Waals surface area contributed by atoms with Gasteiger partial charge in [0.2, 0.25) is 0 Å². The maximum absolute atomic E-state index is 11.8. The Kier molecular flexibility index (Phi) is 9.13. The molecule has 0 aliphatic carbocycles. The van der Waals surface area contributed by atoms with E-state index in [1.54, 1.807) is 13.8 Å². The molecule has 134 valence electrons. The van der Waals surface area contributed by atoms with Gasteiger partial charge in [-0.1, -0.05) is 0 Å². The first kappa shape index (κ1) is 19.9. The normalized spacial score (nSPS) is 16.8. The van der Waals surface area contributed by atoms with Crippen LogP contribution in [0.5, 0.6) is 0 Å². The summed E-state index contributed by atoms with van der Waals surface area (Å²) in [4.78, 5) is 28.3. The number of rotatable bonds is 9. The van der Waals surface area contributed by atoms with E-state index in [0.717, 1.165) is 26.2 Å². The first-order valence-corrected chi connectivity index (χ1v) is 8.40. The minimum Gasteiger partial charge on any atom is -0.464 e. The van der Waals surface area contributed by atoms with Crippen molar-refractivity contribution in [2.45, 2.75) is 39.8 Å². The second-order valence-electron chi connectivity index (χ2n) is 5.73. The van der Waals surface area contributed by atoms with Crippen LogP contribution in [0.2, 0.25) is 0 Å². The van der Waals surface area contributed by atoms with Crippen molar-refractivity contribution in [3.8, 4) is 0 Å². The van der Waals surface area contributed by atoms with Gasteiger partial charge in [-0.2, -0.15) is 0 Å². The van der Waals surface area contributed by atoms with E-state index in [-0.39, 0.29) is 13.2 Å². The van der Waals surface area contributed by atoms with Crippen LogP contribution in [-0.2, 0) is 23.8 Å². The average Bonchev–Trinajstić information content (AvgIpc) is 2.52. The van der Waals surface area contributed by atoms with Crippen molar-refractivity contribution in [3.63, 3.8) is 0 Å². The summed E-state index contributed by atoms with van der Waals surface area (Å²) in [6.45, 7) is 13.1. The number of ether oxygens (including phenoxy) is 3. The highest BCUT2D eigenvalue weighted by atomic mass is 16.6. The third-order valence-electron chi connectivity index (χ3n) is 3.83. The van der Waals surface area contributed by atoms with Crippen molar-refractivity contribution < 1.29 is 23.8 Å². The summed E-state index contributed by atoms with van der Waals surface area (Å²) < 4.78 is 15.2. The maximum Gasteiger partial charge on any atom is 0.347 e. The monoisotopic (exact) mass is 330 g/mol. The molecule has 1 saturated heterocycles. The number of nitrogens with zero attached hydrogens (tertiary/aromatic N) is 2. The van der Waals surface area contributed by atoms with Gasteiger partial charge >= 0.3 is 11.9 Å². The zero-order valence-electron chi connectivity index (χ0n) is 14.7. The van der Waals surface area contributed by atoms with E-state index in [0.29, 0.717) is 19.2 Å². The molecule has 0 bridgehead atoms. The second-order valence-corrected chi connectivity index (χ2v) is 5.73. The first-order chi connectivity index (χ1) is 11.0. The molecule has 1 aliphatic heterocycles. The molecule has 0 spiro atoms. The van der Waals surface area contributed by atoms with Crippen LogP contribution in [0.3, 0.4) is 0 Å². The van der Waals surface area contributed by atoms with Gasteiger partial charge in [-0.25, -0.2) is 9.59 Å². The Hall–Kier alpha value is -1.18. The van der Waals surface area contributed by atoms with Crippen molar-refractivity contribution >= 4 is 11.9 Å². The molecule has 7 nitrogen and oxygen atoms in total. The van der Waals surface area contributed by atoms with Crippen molar-refractivity contribution in [1.29, 1.82) is 0 Å². The fraction of sp³-hybridized carbons (Fsp3) is 0.875. The minimum absolute atomic E-state index is 0.204. The molecule has 23 heavy (non-hydrogen) atoms. The van der Waals surface area contributed by atoms with Crippen LogP contribution >= 0.6 is 0 Å². The smallest absolute Gasteiger partial charge is 0.347 e. The van der Waals surface area contributed by atoms with E-state index < -0.39 is 18.0 Å². The van der Waals surface area contributed by atoms with Gasteiger partial charge in [-0.15, -0.1) is 0 Å². The molecule has 1 aliphatic rings. The van der Waals surface area contributed by atoms with Gasteiger partial charge in [0.1, 0.15) is 0 Å². The Morgan fingerprint density at radius 3 is 1.91 bits per heavy atom. The average molecular weight is 330 g/mol. The van der Waals surface area contributed by atoms with Crippen molar-refractivity contribution in [2.24, 2.45) is 0 Å². The minimum atomic E-state index is -1.29. The van der Waals surface area contributed by atoms with Crippen molar-refractivity contribution in [1.82, 2.24) is 9.80 Å². The Bertz CT molecular complexity index is 349. The summed E-state index contributed by atoms with van der Waals surface area (Å²) in [5, 5.41) is 0. The van der Waals surface area contributed by atoms with E-state index in [4.69, 9.17) is 14.2 Å². The molecule has 7 heteroatoms. The number of carbonyl (C=O) groups is 2. The molecule has 0 aromatic carbocycles. The van der Waals surface area contributed by atoms with Crippen LogP contribution in [0.4, 0.5) is 0 Å². The van der Waals surface area contributed by atoms with Crippen molar-refractivity contribution in [3.05, 3.63) is 0 Å². The Morgan fingerprint density at radius 1 is 0.957 bits per heavy atom. The van der Waals surface area contributed by atoms with E-state index in [1.807, 2.05) is 0 Å². The van der Waals surface area contributed by atoms with Crippen LogP contribution in [-0.4, -0.2) is 86.4 Å². The van der Waals surface area contributed by atoms with Crippen LogP contribution in [0, 0.1) is 0 Å². The summed E-state index contributed by atoms with van der Waals surface area (Å²) in [5.41, 5.74) is 0. The lowest BCUT2D eigenvalue weighted by Crippen LogP contribution is -2.49. The molecule has 0 saturated carbocycles. The summed E-state index contributed by atoms with van der Waals surface area (Å²) in [6.07, 6.45) is -1.29. The maximum atomic E-state index is 11.8. The van der Waals surface area contributed by atoms with Gasteiger partial charge in [0, 0.05) is 38.8 Å². The fourth-order valence-electron chi connectivity index (χ4n) is 2.47. The van der Waals surface area contributed by atoms with E-state index in [9.17, 15) is 9.59 Å². The van der Waals surface area contributed by atoms with E-state index in [2.05, 4.69) is 23.6 Å². The summed E-state index contributed by atoms with van der Waals surface area (Å²) >= 11 is 0. The number of carbonyl (C=O) groups excluding carboxylic acids is 2. The second kappa shape index (κ2) is 10.6. The molecule has 0 amide bonds. The summed E-state index contributed by atoms with van der Waals surface area (Å²) in [5.74, 6) is -1.37. The molecular weight excluding hydrogens is 300 g/mol. The molecule has 0 N–H and O–H groups in total. The topological polar surface area (TPSA) is 68.3 Å². The Morgan fingerprint density at radius 2 is 1.48 bits per heavy atom. The Labute approximate surface area is 138 Å². The third-order valence-corrected chi connectivity index (χ3v) is 3.83. The van der Waals surface area contributed by atoms with E-state index >= 15 is 0 Å². The molecule has 0 unspecified atom stereocenters. The van der Waals surface area contributed by atoms with Gasteiger partial charge in [-0.3, -0.25) is 9.80 Å². The summed E-state index contributed by atoms with van der Waals surface area (Å²) in [6, 6.07) is 0.561. The molecule has 1 fully saturated rings. The van der Waals surface area contributed by atoms with E-state index in [1.165, 1.54) is 0 Å². The highest BCUT2D eigenvalue weighted by Crippen LogP contribution is 2.06. The molecule has 1 rings (SSSR count). The summed E-state index contributed by atoms with van der Waals surface area (Å²) in [7, 11) is 0. The Balaban J connectivity index is 2.37. The number of esters is 2. The zero-order valence-corrected chi connectivity index (χ0v) is 14.7. The predicted molar refractivity (Wildman–Crippen MR) is 86.2 cm³/mol. The molecule has 0 atom stereocenters. The molecule has 0 aromatic rings. The third kappa shape index (κ3) is 6.85. The number of hydrogen-bond donors (Lipinski definition) is 0. The van der Waals surface area contributed by atoms with Gasteiger partial charge in [0.05, 0.1) is 19.8 Å². The standard InChI is InChI=1S/C16H30N2O5/c1-5-21-15(19)14(16(20)22-6-2)23-12-11-17-7-9-18(10-8-17)13(3)4/h13-14H,5-12H2,1-4H3. The molecular formula is C16H30N2O5. The van der Waals surface area contributed by atoms with Gasteiger partial charge in [-0.05, 0) is 27.7 Å². The molecule has 0 aromatic heterocycles. The van der Waals surface area contributed by atoms with Gasteiger partial charge in [0.15, 0.2) is 0 Å².